The van der Waals surface area contributed by atoms with Crippen LogP contribution < -0.4 is 0 Å². The van der Waals surface area contributed by atoms with E-state index < -0.39 is 12.0 Å². The lowest BCUT2D eigenvalue weighted by Gasteiger charge is -2.25. The van der Waals surface area contributed by atoms with E-state index in [0.717, 1.165) is 23.7 Å². The second kappa shape index (κ2) is 8.10. The quantitative estimate of drug-likeness (QED) is 0.442. The van der Waals surface area contributed by atoms with Crippen molar-refractivity contribution in [3.05, 3.63) is 72.2 Å². The maximum Gasteiger partial charge on any atom is 0.452 e. The average Bonchev–Trinajstić information content (AvgIpc) is 3.57. The van der Waals surface area contributed by atoms with Crippen LogP contribution in [0.5, 0.6) is 0 Å². The third kappa shape index (κ3) is 3.62. The summed E-state index contributed by atoms with van der Waals surface area (Å²) in [5.41, 5.74) is 1.78. The fourth-order valence-electron chi connectivity index (χ4n) is 5.55. The zero-order chi connectivity index (χ0) is 24.2. The SMILES string of the molecule is O=C(c1ccccc1-c1ncccn1)N1C2CCC1C(Cc1nccn3c(C(F)(F)F)nnc13)C2. The molecule has 5 heterocycles. The standard InChI is InChI=1S/C24H20F3N7O/c25-24(26,27)23-32-31-21-18(28-10-11-33(21)23)13-14-12-15-6-7-19(14)34(15)22(35)17-5-2-1-4-16(17)20-29-8-3-9-30-20/h1-5,8-11,14-15,19H,6-7,12-13H2. The Morgan fingerprint density at radius 3 is 2.60 bits per heavy atom. The molecule has 8 nitrogen and oxygen atoms in total. The lowest BCUT2D eigenvalue weighted by molar-refractivity contribution is -0.145. The zero-order valence-corrected chi connectivity index (χ0v) is 18.4. The van der Waals surface area contributed by atoms with Gasteiger partial charge < -0.3 is 4.90 Å². The molecule has 2 saturated heterocycles. The predicted molar refractivity (Wildman–Crippen MR) is 118 cm³/mol. The number of alkyl halides is 3. The molecule has 0 spiro atoms. The molecule has 0 saturated carbocycles. The molecule has 3 aromatic heterocycles. The number of nitrogens with zero attached hydrogens (tertiary/aromatic N) is 7. The Morgan fingerprint density at radius 2 is 1.80 bits per heavy atom. The molecule has 1 amide bonds. The van der Waals surface area contributed by atoms with Crippen LogP contribution in [0, 0.1) is 5.92 Å². The number of halogens is 3. The van der Waals surface area contributed by atoms with E-state index in [2.05, 4.69) is 25.1 Å². The molecule has 3 atom stereocenters. The van der Waals surface area contributed by atoms with E-state index in [4.69, 9.17) is 0 Å². The van der Waals surface area contributed by atoms with Crippen LogP contribution in [0.2, 0.25) is 0 Å². The fourth-order valence-corrected chi connectivity index (χ4v) is 5.55. The van der Waals surface area contributed by atoms with E-state index >= 15 is 0 Å². The highest BCUT2D eigenvalue weighted by Gasteiger charge is 2.49. The van der Waals surface area contributed by atoms with Gasteiger partial charge in [-0.25, -0.2) is 9.97 Å². The van der Waals surface area contributed by atoms with Crippen molar-refractivity contribution in [2.24, 2.45) is 5.92 Å². The molecule has 11 heteroatoms. The topological polar surface area (TPSA) is 89.2 Å². The number of benzene rings is 1. The molecule has 2 aliphatic rings. The van der Waals surface area contributed by atoms with Crippen LogP contribution in [0.15, 0.2) is 55.1 Å². The summed E-state index contributed by atoms with van der Waals surface area (Å²) in [5.74, 6) is -0.582. The van der Waals surface area contributed by atoms with Crippen molar-refractivity contribution in [2.45, 2.75) is 43.9 Å². The molecule has 178 valence electrons. The minimum Gasteiger partial charge on any atom is -0.332 e. The highest BCUT2D eigenvalue weighted by Crippen LogP contribution is 2.44. The number of carbonyl (C=O) groups excluding carboxylic acids is 1. The van der Waals surface area contributed by atoms with Crippen molar-refractivity contribution < 1.29 is 18.0 Å². The van der Waals surface area contributed by atoms with E-state index in [1.165, 1.54) is 12.4 Å². The minimum absolute atomic E-state index is 0.0238. The van der Waals surface area contributed by atoms with Gasteiger partial charge in [-0.2, -0.15) is 13.2 Å². The molecular formula is C24H20F3N7O. The first kappa shape index (κ1) is 21.6. The van der Waals surface area contributed by atoms with Gasteiger partial charge in [0.2, 0.25) is 5.82 Å². The van der Waals surface area contributed by atoms with Gasteiger partial charge in [0.15, 0.2) is 11.5 Å². The highest BCUT2D eigenvalue weighted by atomic mass is 19.4. The third-order valence-corrected chi connectivity index (χ3v) is 6.97. The summed E-state index contributed by atoms with van der Waals surface area (Å²) in [6.07, 6.45) is 4.17. The average molecular weight is 479 g/mol. The first-order chi connectivity index (χ1) is 16.9. The molecule has 2 aliphatic heterocycles. The first-order valence-corrected chi connectivity index (χ1v) is 11.4. The van der Waals surface area contributed by atoms with E-state index in [-0.39, 0.29) is 29.6 Å². The van der Waals surface area contributed by atoms with Gasteiger partial charge in [0, 0.05) is 42.4 Å². The molecular weight excluding hydrogens is 459 g/mol. The molecule has 6 rings (SSSR count). The fraction of sp³-hybridized carbons (Fsp3) is 0.333. The van der Waals surface area contributed by atoms with Gasteiger partial charge in [-0.15, -0.1) is 10.2 Å². The summed E-state index contributed by atoms with van der Waals surface area (Å²) in [6, 6.07) is 9.08. The molecule has 4 aromatic rings. The van der Waals surface area contributed by atoms with Gasteiger partial charge >= 0.3 is 6.18 Å². The second-order valence-electron chi connectivity index (χ2n) is 8.92. The van der Waals surface area contributed by atoms with Crippen molar-refractivity contribution in [1.29, 1.82) is 0 Å². The Morgan fingerprint density at radius 1 is 1.00 bits per heavy atom. The number of hydrogen-bond acceptors (Lipinski definition) is 6. The molecule has 0 aliphatic carbocycles. The van der Waals surface area contributed by atoms with Crippen molar-refractivity contribution >= 4 is 11.6 Å². The van der Waals surface area contributed by atoms with Crippen LogP contribution in [0.1, 0.15) is 41.1 Å². The minimum atomic E-state index is -4.61. The Bertz CT molecular complexity index is 1410. The van der Waals surface area contributed by atoms with Gasteiger partial charge in [-0.3, -0.25) is 14.2 Å². The summed E-state index contributed by atoms with van der Waals surface area (Å²) in [4.78, 5) is 28.6. The molecule has 3 unspecified atom stereocenters. The molecule has 0 N–H and O–H groups in total. The molecule has 35 heavy (non-hydrogen) atoms. The number of carbonyl (C=O) groups is 1. The lowest BCUT2D eigenvalue weighted by Crippen LogP contribution is -2.37. The van der Waals surface area contributed by atoms with E-state index in [0.29, 0.717) is 29.1 Å². The predicted octanol–water partition coefficient (Wildman–Crippen LogP) is 3.84. The summed E-state index contributed by atoms with van der Waals surface area (Å²) in [5, 5.41) is 7.11. The van der Waals surface area contributed by atoms with Crippen LogP contribution in [0.25, 0.3) is 17.0 Å². The monoisotopic (exact) mass is 479 g/mol. The maximum atomic E-state index is 13.7. The van der Waals surface area contributed by atoms with Crippen LogP contribution in [-0.2, 0) is 12.6 Å². The van der Waals surface area contributed by atoms with Crippen molar-refractivity contribution in [1.82, 2.24) is 34.4 Å². The highest BCUT2D eigenvalue weighted by molar-refractivity contribution is 6.00. The largest absolute Gasteiger partial charge is 0.452 e. The Kier molecular flexibility index (Phi) is 5.01. The van der Waals surface area contributed by atoms with Gasteiger partial charge in [-0.1, -0.05) is 18.2 Å². The first-order valence-electron chi connectivity index (χ1n) is 11.4. The Labute approximate surface area is 197 Å². The lowest BCUT2D eigenvalue weighted by atomic mass is 9.86. The Balaban J connectivity index is 1.29. The summed E-state index contributed by atoms with van der Waals surface area (Å²) >= 11 is 0. The smallest absolute Gasteiger partial charge is 0.332 e. The zero-order valence-electron chi connectivity index (χ0n) is 18.4. The molecule has 2 bridgehead atoms. The third-order valence-electron chi connectivity index (χ3n) is 6.97. The van der Waals surface area contributed by atoms with Crippen molar-refractivity contribution in [3.63, 3.8) is 0 Å². The number of amides is 1. The van der Waals surface area contributed by atoms with Crippen LogP contribution >= 0.6 is 0 Å². The number of fused-ring (bicyclic) bond motifs is 3. The number of rotatable bonds is 4. The summed E-state index contributed by atoms with van der Waals surface area (Å²) < 4.78 is 40.7. The second-order valence-corrected chi connectivity index (χ2v) is 8.92. The Hall–Kier alpha value is -3.89. The van der Waals surface area contributed by atoms with E-state index in [9.17, 15) is 18.0 Å². The molecule has 1 aromatic carbocycles. The van der Waals surface area contributed by atoms with E-state index in [1.54, 1.807) is 24.5 Å². The van der Waals surface area contributed by atoms with E-state index in [1.807, 2.05) is 23.1 Å². The van der Waals surface area contributed by atoms with Crippen molar-refractivity contribution in [2.75, 3.05) is 0 Å². The molecule has 0 radical (unpaired) electrons. The van der Waals surface area contributed by atoms with Crippen molar-refractivity contribution in [3.8, 4) is 11.4 Å². The molecule has 2 fully saturated rings. The van der Waals surface area contributed by atoms with Gasteiger partial charge in [0.05, 0.1) is 11.3 Å². The van der Waals surface area contributed by atoms with Gasteiger partial charge in [-0.05, 0) is 43.7 Å². The van der Waals surface area contributed by atoms with Crippen LogP contribution in [-0.4, -0.2) is 52.4 Å². The van der Waals surface area contributed by atoms with Gasteiger partial charge in [0.1, 0.15) is 0 Å². The summed E-state index contributed by atoms with van der Waals surface area (Å²) in [7, 11) is 0. The van der Waals surface area contributed by atoms with Crippen LogP contribution in [0.3, 0.4) is 0 Å². The number of hydrogen-bond donors (Lipinski definition) is 0. The number of aromatic nitrogens is 6. The normalized spacial score (nSPS) is 21.7. The maximum absolute atomic E-state index is 13.7. The van der Waals surface area contributed by atoms with Crippen LogP contribution in [0.4, 0.5) is 13.2 Å². The van der Waals surface area contributed by atoms with Gasteiger partial charge in [0.25, 0.3) is 5.91 Å². The summed E-state index contributed by atoms with van der Waals surface area (Å²) in [6.45, 7) is 0.